The third kappa shape index (κ3) is 4.21. The van der Waals surface area contributed by atoms with E-state index in [1.165, 1.54) is 18.5 Å². The average Bonchev–Trinajstić information content (AvgIpc) is 2.59. The highest BCUT2D eigenvalue weighted by Gasteiger charge is 2.47. The second-order valence-electron chi connectivity index (χ2n) is 5.79. The van der Waals surface area contributed by atoms with Gasteiger partial charge in [-0.2, -0.15) is 18.3 Å². The van der Waals surface area contributed by atoms with Gasteiger partial charge in [-0.15, -0.1) is 0 Å². The highest BCUT2D eigenvalue weighted by atomic mass is 19.4. The molecule has 142 valence electrons. The van der Waals surface area contributed by atoms with Crippen molar-refractivity contribution in [3.05, 3.63) is 59.4 Å². The van der Waals surface area contributed by atoms with Gasteiger partial charge in [-0.25, -0.2) is 18.6 Å². The van der Waals surface area contributed by atoms with Gasteiger partial charge >= 0.3 is 12.2 Å². The molecule has 2 amide bonds. The van der Waals surface area contributed by atoms with Crippen LogP contribution in [-0.4, -0.2) is 34.8 Å². The van der Waals surface area contributed by atoms with Crippen LogP contribution < -0.4 is 5.32 Å². The summed E-state index contributed by atoms with van der Waals surface area (Å²) in [5, 5.41) is 7.44. The molecule has 1 aliphatic rings. The van der Waals surface area contributed by atoms with Gasteiger partial charge < -0.3 is 5.32 Å². The van der Waals surface area contributed by atoms with E-state index in [0.717, 1.165) is 17.1 Å². The number of aromatic nitrogens is 1. The molecule has 1 aliphatic heterocycles. The lowest BCUT2D eigenvalue weighted by atomic mass is 9.95. The Morgan fingerprint density at radius 2 is 2.04 bits per heavy atom. The summed E-state index contributed by atoms with van der Waals surface area (Å²) >= 11 is 0. The lowest BCUT2D eigenvalue weighted by molar-refractivity contribution is -0.178. The van der Waals surface area contributed by atoms with Gasteiger partial charge in [0.1, 0.15) is 5.92 Å². The molecule has 0 radical (unpaired) electrons. The molecular formula is C17H13F5N4O. The summed E-state index contributed by atoms with van der Waals surface area (Å²) in [6, 6.07) is 5.92. The Bertz CT molecular complexity index is 854. The van der Waals surface area contributed by atoms with Gasteiger partial charge in [0.05, 0.1) is 12.8 Å². The van der Waals surface area contributed by atoms with Crippen LogP contribution in [0.1, 0.15) is 22.6 Å². The molecule has 0 saturated heterocycles. The molecule has 3 rings (SSSR count). The zero-order valence-electron chi connectivity index (χ0n) is 13.6. The Kier molecular flexibility index (Phi) is 5.06. The van der Waals surface area contributed by atoms with Crippen LogP contribution in [0.2, 0.25) is 0 Å². The summed E-state index contributed by atoms with van der Waals surface area (Å²) in [5.41, 5.74) is 0.556. The number of hydrazone groups is 1. The normalized spacial score (nSPS) is 15.8. The Morgan fingerprint density at radius 3 is 2.67 bits per heavy atom. The molecule has 1 aromatic carbocycles. The van der Waals surface area contributed by atoms with Crippen molar-refractivity contribution in [1.82, 2.24) is 9.99 Å². The monoisotopic (exact) mass is 384 g/mol. The molecule has 27 heavy (non-hydrogen) atoms. The first-order chi connectivity index (χ1) is 12.8. The van der Waals surface area contributed by atoms with Gasteiger partial charge in [0.25, 0.3) is 6.43 Å². The van der Waals surface area contributed by atoms with E-state index in [-0.39, 0.29) is 17.8 Å². The molecule has 0 fully saturated rings. The minimum atomic E-state index is -5.08. The molecule has 5 nitrogen and oxygen atoms in total. The summed E-state index contributed by atoms with van der Waals surface area (Å²) in [5.74, 6) is -2.90. The number of pyridine rings is 1. The number of halogens is 5. The number of nitrogens with zero attached hydrogens (tertiary/aromatic N) is 3. The zero-order chi connectivity index (χ0) is 19.6. The number of hydrogen-bond acceptors (Lipinski definition) is 3. The highest BCUT2D eigenvalue weighted by Crippen LogP contribution is 2.40. The highest BCUT2D eigenvalue weighted by molar-refractivity contribution is 5.93. The number of carbonyl (C=O) groups excluding carboxylic acids is 1. The van der Waals surface area contributed by atoms with Gasteiger partial charge in [-0.1, -0.05) is 18.2 Å². The van der Waals surface area contributed by atoms with E-state index in [2.05, 4.69) is 15.4 Å². The molecule has 0 bridgehead atoms. The Labute approximate surface area is 150 Å². The van der Waals surface area contributed by atoms with Crippen molar-refractivity contribution in [3.8, 4) is 0 Å². The molecular weight excluding hydrogens is 371 g/mol. The summed E-state index contributed by atoms with van der Waals surface area (Å²) in [6.45, 7) is -0.153. The number of nitrogens with one attached hydrogen (secondary N) is 1. The lowest BCUT2D eigenvalue weighted by Crippen LogP contribution is -2.35. The number of carbonyl (C=O) groups is 1. The van der Waals surface area contributed by atoms with E-state index in [0.29, 0.717) is 5.56 Å². The van der Waals surface area contributed by atoms with Crippen molar-refractivity contribution in [2.45, 2.75) is 25.1 Å². The standard InChI is InChI=1S/C17H13F5N4O/c18-15(19)14(17(20,21)22)11-3-4-13-12(6-11)9-26(16(27)25-13)24-8-10-2-1-5-23-7-10/h1-8,14-15H,9H2,(H,25,27)/b24-8-. The van der Waals surface area contributed by atoms with Crippen LogP contribution in [0, 0.1) is 0 Å². The van der Waals surface area contributed by atoms with Crippen LogP contribution in [0.5, 0.6) is 0 Å². The number of benzene rings is 1. The molecule has 1 aromatic heterocycles. The molecule has 1 unspecified atom stereocenters. The predicted octanol–water partition coefficient (Wildman–Crippen LogP) is 4.37. The topological polar surface area (TPSA) is 57.6 Å². The quantitative estimate of drug-likeness (QED) is 0.629. The van der Waals surface area contributed by atoms with Crippen LogP contribution in [0.3, 0.4) is 0 Å². The predicted molar refractivity (Wildman–Crippen MR) is 87.6 cm³/mol. The minimum Gasteiger partial charge on any atom is -0.306 e. The van der Waals surface area contributed by atoms with Gasteiger partial charge in [-0.05, 0) is 23.3 Å². The van der Waals surface area contributed by atoms with Gasteiger partial charge in [0, 0.05) is 23.6 Å². The second-order valence-corrected chi connectivity index (χ2v) is 5.79. The van der Waals surface area contributed by atoms with Gasteiger partial charge in [-0.3, -0.25) is 4.98 Å². The molecule has 0 aliphatic carbocycles. The summed E-state index contributed by atoms with van der Waals surface area (Å²) in [4.78, 5) is 15.9. The largest absolute Gasteiger partial charge is 0.401 e. The second kappa shape index (κ2) is 7.29. The summed E-state index contributed by atoms with van der Waals surface area (Å²) < 4.78 is 64.7. The number of rotatable bonds is 4. The first-order valence-electron chi connectivity index (χ1n) is 7.76. The van der Waals surface area contributed by atoms with Crippen LogP contribution in [0.25, 0.3) is 0 Å². The van der Waals surface area contributed by atoms with E-state index in [9.17, 15) is 26.7 Å². The average molecular weight is 384 g/mol. The lowest BCUT2D eigenvalue weighted by Gasteiger charge is -2.27. The molecule has 1 atom stereocenters. The van der Waals surface area contributed by atoms with E-state index in [4.69, 9.17) is 0 Å². The minimum absolute atomic E-state index is 0.153. The number of amides is 2. The van der Waals surface area contributed by atoms with Crippen LogP contribution in [0.4, 0.5) is 32.4 Å². The number of anilines is 1. The smallest absolute Gasteiger partial charge is 0.306 e. The number of urea groups is 1. The summed E-state index contributed by atoms with van der Waals surface area (Å²) in [7, 11) is 0. The SMILES string of the molecule is O=C1Nc2ccc(C(C(F)F)C(F)(F)F)cc2CN1/N=C\c1cccnc1. The molecule has 1 N–H and O–H groups in total. The van der Waals surface area contributed by atoms with Crippen molar-refractivity contribution >= 4 is 17.9 Å². The van der Waals surface area contributed by atoms with Crippen LogP contribution in [-0.2, 0) is 6.54 Å². The Hall–Kier alpha value is -3.04. The molecule has 2 heterocycles. The van der Waals surface area contributed by atoms with Crippen molar-refractivity contribution < 1.29 is 26.7 Å². The maximum absolute atomic E-state index is 12.9. The van der Waals surface area contributed by atoms with Crippen LogP contribution in [0.15, 0.2) is 47.8 Å². The fraction of sp³-hybridized carbons (Fsp3) is 0.235. The third-order valence-corrected chi connectivity index (χ3v) is 3.92. The first-order valence-corrected chi connectivity index (χ1v) is 7.76. The van der Waals surface area contributed by atoms with E-state index in [1.807, 2.05) is 0 Å². The van der Waals surface area contributed by atoms with Crippen molar-refractivity contribution in [1.29, 1.82) is 0 Å². The molecule has 0 spiro atoms. The fourth-order valence-corrected chi connectivity index (χ4v) is 2.63. The molecule has 10 heteroatoms. The molecule has 0 saturated carbocycles. The summed E-state index contributed by atoms with van der Waals surface area (Å²) in [6.07, 6.45) is -4.25. The maximum atomic E-state index is 12.9. The Balaban J connectivity index is 1.87. The van der Waals surface area contributed by atoms with E-state index in [1.54, 1.807) is 18.3 Å². The third-order valence-electron chi connectivity index (χ3n) is 3.92. The van der Waals surface area contributed by atoms with Crippen LogP contribution >= 0.6 is 0 Å². The van der Waals surface area contributed by atoms with Crippen molar-refractivity contribution in [3.63, 3.8) is 0 Å². The molecule has 2 aromatic rings. The number of fused-ring (bicyclic) bond motifs is 1. The number of hydrogen-bond donors (Lipinski definition) is 1. The van der Waals surface area contributed by atoms with Gasteiger partial charge in [0.15, 0.2) is 0 Å². The van der Waals surface area contributed by atoms with Crippen molar-refractivity contribution in [2.24, 2.45) is 5.10 Å². The van der Waals surface area contributed by atoms with Gasteiger partial charge in [0.2, 0.25) is 0 Å². The Morgan fingerprint density at radius 1 is 1.26 bits per heavy atom. The number of alkyl halides is 5. The zero-order valence-corrected chi connectivity index (χ0v) is 13.6. The first kappa shape index (κ1) is 18.7. The van der Waals surface area contributed by atoms with Crippen molar-refractivity contribution in [2.75, 3.05) is 5.32 Å². The maximum Gasteiger partial charge on any atom is 0.401 e. The van der Waals surface area contributed by atoms with E-state index >= 15 is 0 Å². The van der Waals surface area contributed by atoms with E-state index < -0.39 is 30.1 Å². The fourth-order valence-electron chi connectivity index (χ4n) is 2.63.